The molecule has 0 heterocycles. The third-order valence-corrected chi connectivity index (χ3v) is 15.4. The van der Waals surface area contributed by atoms with Crippen LogP contribution >= 0.6 is 34.7 Å². The van der Waals surface area contributed by atoms with E-state index in [1.165, 1.54) is 73.6 Å². The number of fused-ring (bicyclic) bond motifs is 4. The van der Waals surface area contributed by atoms with E-state index in [0.717, 1.165) is 0 Å². The van der Waals surface area contributed by atoms with Crippen LogP contribution in [0.2, 0.25) is 0 Å². The molecule has 8 aromatic carbocycles. The van der Waals surface area contributed by atoms with Crippen LogP contribution in [0.3, 0.4) is 0 Å². The first-order chi connectivity index (χ1) is 26.3. The second kappa shape index (κ2) is 16.9. The van der Waals surface area contributed by atoms with Gasteiger partial charge in [-0.1, -0.05) is 146 Å². The van der Waals surface area contributed by atoms with Crippen LogP contribution in [0.25, 0.3) is 0 Å². The molecule has 9 rings (SSSR count). The third-order valence-electron chi connectivity index (χ3n) is 9.89. The summed E-state index contributed by atoms with van der Waals surface area (Å²) in [4.78, 5) is 0. The summed E-state index contributed by atoms with van der Waals surface area (Å²) >= 11 is -0.472. The van der Waals surface area contributed by atoms with Crippen LogP contribution in [0.4, 0.5) is 0 Å². The fourth-order valence-electron chi connectivity index (χ4n) is 7.79. The Labute approximate surface area is 328 Å². The Bertz CT molecular complexity index is 2620. The molecule has 0 amide bonds. The van der Waals surface area contributed by atoms with Crippen LogP contribution in [0.5, 0.6) is 0 Å². The molecule has 0 aromatic heterocycles. The summed E-state index contributed by atoms with van der Waals surface area (Å²) < 4.78 is 0. The van der Waals surface area contributed by atoms with Gasteiger partial charge in [0.2, 0.25) is 0 Å². The summed E-state index contributed by atoms with van der Waals surface area (Å²) in [6, 6.07) is 77.1. The van der Waals surface area contributed by atoms with Gasteiger partial charge in [0.25, 0.3) is 0 Å². The van der Waals surface area contributed by atoms with Crippen molar-refractivity contribution in [2.75, 3.05) is 0 Å². The molecule has 0 fully saturated rings. The first kappa shape index (κ1) is 35.9. The van der Waals surface area contributed by atoms with Crippen LogP contribution in [0, 0.1) is 41.7 Å². The molecule has 0 nitrogen and oxygen atoms in total. The summed E-state index contributed by atoms with van der Waals surface area (Å²) in [6.07, 6.45) is 0. The van der Waals surface area contributed by atoms with Crippen molar-refractivity contribution in [3.63, 3.8) is 0 Å². The van der Waals surface area contributed by atoms with E-state index in [1.807, 2.05) is 0 Å². The van der Waals surface area contributed by atoms with E-state index in [-0.39, 0.29) is 0 Å². The van der Waals surface area contributed by atoms with Gasteiger partial charge in [-0.3, -0.25) is 0 Å². The Morgan fingerprint density at radius 1 is 0.264 bits per heavy atom. The fraction of sp³-hybridized carbons (Fsp3) is 0. The van der Waals surface area contributed by atoms with Crippen molar-refractivity contribution in [2.24, 2.45) is 0 Å². The van der Waals surface area contributed by atoms with Gasteiger partial charge in [0, 0.05) is 10.4 Å². The quantitative estimate of drug-likeness (QED) is 0.146. The average Bonchev–Trinajstić information content (AvgIpc) is 3.22. The van der Waals surface area contributed by atoms with E-state index in [4.69, 9.17) is 18.8 Å². The Balaban J connectivity index is 0.00000129. The molecule has 0 spiro atoms. The van der Waals surface area contributed by atoms with Gasteiger partial charge in [-0.2, -0.15) is 0 Å². The molecule has 5 heteroatoms. The molecule has 0 aliphatic heterocycles. The van der Waals surface area contributed by atoms with Crippen LogP contribution in [-0.2, 0) is 16.5 Å². The van der Waals surface area contributed by atoms with Crippen molar-refractivity contribution >= 4 is 66.5 Å². The van der Waals surface area contributed by atoms with Crippen LogP contribution in [0.1, 0.15) is 0 Å². The molecular weight excluding hydrogens is 904 g/mol. The number of benzene rings is 8. The zero-order valence-corrected chi connectivity index (χ0v) is 34.5. The smallest absolute Gasteiger partial charge is 0.0620 e. The normalized spacial score (nSPS) is 14.0. The van der Waals surface area contributed by atoms with Crippen LogP contribution < -0.4 is 31.8 Å². The minimum Gasteiger partial charge on any atom is -0.0620 e. The predicted molar refractivity (Wildman–Crippen MR) is 228 cm³/mol. The van der Waals surface area contributed by atoms with E-state index >= 15 is 0 Å². The second-order valence-corrected chi connectivity index (χ2v) is 21.0. The number of hydrogen-bond acceptors (Lipinski definition) is 0. The standard InChI is InChI=1S/C48H34P2.2ClH.Pt/c1-5-19-35(20-6-1)49(36-21-7-2-8-22-36)45-33-17-31-43-41-29-15-13-27-39(41)40-28-14-16-30-42(40)44-32-18-34-46(48(44)47(43)45)50(37-23-9-3-10-24-37)38-25-11-4-12-26-38;;;/h1-34H;2*1H;/q;;;+2/b40-39-,43-41-,44-42-,48-47-;;;. The van der Waals surface area contributed by atoms with Gasteiger partial charge in [0.05, 0.1) is 15.8 Å². The molecule has 0 radical (unpaired) electrons. The first-order valence-corrected chi connectivity index (χ1v) is 26.2. The number of halogens is 2. The van der Waals surface area contributed by atoms with E-state index < -0.39 is 32.3 Å². The summed E-state index contributed by atoms with van der Waals surface area (Å²) in [6.45, 7) is 0. The van der Waals surface area contributed by atoms with Crippen molar-refractivity contribution in [2.45, 2.75) is 0 Å². The van der Waals surface area contributed by atoms with Crippen molar-refractivity contribution in [1.82, 2.24) is 0 Å². The molecule has 0 atom stereocenters. The summed E-state index contributed by atoms with van der Waals surface area (Å²) in [5.74, 6) is 0. The van der Waals surface area contributed by atoms with E-state index in [9.17, 15) is 0 Å². The molecular formula is C48H36Cl2P2Pt+2. The van der Waals surface area contributed by atoms with Crippen molar-refractivity contribution < 1.29 is 16.5 Å². The van der Waals surface area contributed by atoms with E-state index in [1.54, 1.807) is 0 Å². The summed E-state index contributed by atoms with van der Waals surface area (Å²) in [5.41, 5.74) is 0. The van der Waals surface area contributed by atoms with Crippen LogP contribution in [-0.4, -0.2) is 0 Å². The van der Waals surface area contributed by atoms with Gasteiger partial charge in [-0.05, 0) is 92.0 Å². The number of rotatable bonds is 6. The SMILES string of the molecule is [Cl][Pt][Cl].c1ccc([PH+](c2ccccc2)c2cccc3/c2=c2/c([PH+](c4ccccc4)c4ccccc4)ccc/c2=c2\cccc\c2=c2/cccc/c2=3)cc1. The molecule has 260 valence electrons. The van der Waals surface area contributed by atoms with Crippen molar-refractivity contribution in [3.8, 4) is 0 Å². The fourth-order valence-corrected chi connectivity index (χ4v) is 13.3. The van der Waals surface area contributed by atoms with Gasteiger partial charge >= 0.3 is 35.3 Å². The molecule has 0 unspecified atom stereocenters. The molecule has 53 heavy (non-hydrogen) atoms. The minimum absolute atomic E-state index is 0.472. The molecule has 0 saturated carbocycles. The third kappa shape index (κ3) is 7.26. The molecule has 0 saturated heterocycles. The van der Waals surface area contributed by atoms with Gasteiger partial charge in [-0.15, -0.1) is 0 Å². The zero-order chi connectivity index (χ0) is 36.0. The minimum atomic E-state index is -1.42. The van der Waals surface area contributed by atoms with Gasteiger partial charge in [0.15, 0.2) is 0 Å². The van der Waals surface area contributed by atoms with Crippen molar-refractivity contribution in [3.05, 3.63) is 248 Å². The molecule has 0 bridgehead atoms. The monoisotopic (exact) mass is 939 g/mol. The Hall–Kier alpha value is -4.11. The molecule has 0 N–H and O–H groups in total. The van der Waals surface area contributed by atoms with Gasteiger partial charge in [0.1, 0.15) is 31.8 Å². The maximum Gasteiger partial charge on any atom is 0.110 e. The van der Waals surface area contributed by atoms with E-state index in [0.29, 0.717) is 0 Å². The van der Waals surface area contributed by atoms with Crippen LogP contribution in [0.15, 0.2) is 206 Å². The molecule has 1 aliphatic rings. The molecule has 8 aromatic rings. The van der Waals surface area contributed by atoms with E-state index in [2.05, 4.69) is 206 Å². The first-order valence-electron chi connectivity index (χ1n) is 17.5. The average molecular weight is 941 g/mol. The Morgan fingerprint density at radius 2 is 0.491 bits per heavy atom. The molecule has 1 aliphatic carbocycles. The summed E-state index contributed by atoms with van der Waals surface area (Å²) in [5, 5.41) is 18.9. The predicted octanol–water partition coefficient (Wildman–Crippen LogP) is 9.51. The maximum absolute atomic E-state index is 4.88. The number of hydrogen-bond donors (Lipinski definition) is 0. The van der Waals surface area contributed by atoms with Gasteiger partial charge in [-0.25, -0.2) is 0 Å². The maximum atomic E-state index is 4.88. The topological polar surface area (TPSA) is 0 Å². The zero-order valence-electron chi connectivity index (χ0n) is 28.7. The Kier molecular flexibility index (Phi) is 11.5. The largest absolute Gasteiger partial charge is 0.110 e. The summed E-state index contributed by atoms with van der Waals surface area (Å²) in [7, 11) is 6.90. The van der Waals surface area contributed by atoms with Crippen molar-refractivity contribution in [1.29, 1.82) is 0 Å². The Morgan fingerprint density at radius 3 is 0.774 bits per heavy atom. The second-order valence-electron chi connectivity index (χ2n) is 12.8. The van der Waals surface area contributed by atoms with Gasteiger partial charge < -0.3 is 0 Å².